The number of rotatable bonds is 6. The van der Waals surface area contributed by atoms with Gasteiger partial charge in [-0.1, -0.05) is 0 Å². The first-order chi connectivity index (χ1) is 8.91. The lowest BCUT2D eigenvalue weighted by atomic mass is 10.3. The third kappa shape index (κ3) is 4.70. The van der Waals surface area contributed by atoms with Gasteiger partial charge in [0.05, 0.1) is 4.48 Å². The molecule has 0 aromatic carbocycles. The standard InChI is InChI=1S/C10H12BrN3O5/c11-6-5-8(16)14(9(6)17)4-1-7(15)12-2-3-13-10(18)19/h5,13H,1-4H2,(H,12,15)(H,18,19). The van der Waals surface area contributed by atoms with Crippen LogP contribution >= 0.6 is 15.9 Å². The Labute approximate surface area is 116 Å². The zero-order valence-electron chi connectivity index (χ0n) is 9.81. The third-order valence-electron chi connectivity index (χ3n) is 2.25. The molecule has 1 aliphatic heterocycles. The van der Waals surface area contributed by atoms with E-state index in [-0.39, 0.29) is 36.4 Å². The van der Waals surface area contributed by atoms with E-state index in [1.807, 2.05) is 0 Å². The summed E-state index contributed by atoms with van der Waals surface area (Å²) in [7, 11) is 0. The molecule has 9 heteroatoms. The average molecular weight is 334 g/mol. The van der Waals surface area contributed by atoms with Crippen molar-refractivity contribution in [2.45, 2.75) is 6.42 Å². The van der Waals surface area contributed by atoms with Crippen molar-refractivity contribution in [2.24, 2.45) is 0 Å². The fraction of sp³-hybridized carbons (Fsp3) is 0.400. The van der Waals surface area contributed by atoms with E-state index in [1.165, 1.54) is 0 Å². The zero-order chi connectivity index (χ0) is 14.4. The number of carbonyl (C=O) groups is 4. The van der Waals surface area contributed by atoms with Crippen molar-refractivity contribution < 1.29 is 24.3 Å². The monoisotopic (exact) mass is 333 g/mol. The molecule has 0 aromatic heterocycles. The maximum absolute atomic E-state index is 11.4. The number of carbonyl (C=O) groups excluding carboxylic acids is 3. The number of nitrogens with one attached hydrogen (secondary N) is 2. The summed E-state index contributed by atoms with van der Waals surface area (Å²) in [6.07, 6.45) is -0.0474. The number of halogens is 1. The molecule has 0 fully saturated rings. The zero-order valence-corrected chi connectivity index (χ0v) is 11.4. The molecule has 1 heterocycles. The Morgan fingerprint density at radius 2 is 1.89 bits per heavy atom. The summed E-state index contributed by atoms with van der Waals surface area (Å²) in [5, 5.41) is 12.8. The van der Waals surface area contributed by atoms with Crippen LogP contribution in [-0.4, -0.2) is 53.5 Å². The minimum absolute atomic E-state index is 0.0124. The van der Waals surface area contributed by atoms with Gasteiger partial charge in [0.15, 0.2) is 0 Å². The molecular weight excluding hydrogens is 322 g/mol. The van der Waals surface area contributed by atoms with Gasteiger partial charge in [0.1, 0.15) is 0 Å². The topological polar surface area (TPSA) is 116 Å². The lowest BCUT2D eigenvalue weighted by Gasteiger charge is -2.13. The van der Waals surface area contributed by atoms with Crippen LogP contribution in [0.25, 0.3) is 0 Å². The smallest absolute Gasteiger partial charge is 0.404 e. The maximum atomic E-state index is 11.4. The molecule has 104 valence electrons. The highest BCUT2D eigenvalue weighted by atomic mass is 79.9. The van der Waals surface area contributed by atoms with Crippen molar-refractivity contribution >= 4 is 39.7 Å². The van der Waals surface area contributed by atoms with E-state index in [2.05, 4.69) is 26.6 Å². The lowest BCUT2D eigenvalue weighted by Crippen LogP contribution is -2.37. The lowest BCUT2D eigenvalue weighted by molar-refractivity contribution is -0.137. The van der Waals surface area contributed by atoms with Crippen LogP contribution in [0.2, 0.25) is 0 Å². The van der Waals surface area contributed by atoms with Crippen molar-refractivity contribution in [3.05, 3.63) is 10.6 Å². The Balaban J connectivity index is 2.22. The quantitative estimate of drug-likeness (QED) is 0.443. The molecule has 4 amide bonds. The van der Waals surface area contributed by atoms with Crippen molar-refractivity contribution in [3.8, 4) is 0 Å². The summed E-state index contributed by atoms with van der Waals surface area (Å²) in [4.78, 5) is 45.2. The normalized spacial score (nSPS) is 14.4. The number of imide groups is 1. The van der Waals surface area contributed by atoms with Gasteiger partial charge >= 0.3 is 6.09 Å². The Bertz CT molecular complexity index is 448. The molecule has 19 heavy (non-hydrogen) atoms. The summed E-state index contributed by atoms with van der Waals surface area (Å²) in [6, 6.07) is 0. The minimum atomic E-state index is -1.17. The predicted molar refractivity (Wildman–Crippen MR) is 67.4 cm³/mol. The van der Waals surface area contributed by atoms with Crippen LogP contribution in [-0.2, 0) is 14.4 Å². The van der Waals surface area contributed by atoms with Gasteiger partial charge in [-0.3, -0.25) is 19.3 Å². The van der Waals surface area contributed by atoms with E-state index in [4.69, 9.17) is 5.11 Å². The van der Waals surface area contributed by atoms with Gasteiger partial charge in [0.2, 0.25) is 5.91 Å². The van der Waals surface area contributed by atoms with Gasteiger partial charge in [-0.25, -0.2) is 4.79 Å². The minimum Gasteiger partial charge on any atom is -0.465 e. The van der Waals surface area contributed by atoms with Crippen molar-refractivity contribution in [2.75, 3.05) is 19.6 Å². The number of amides is 4. The summed E-state index contributed by atoms with van der Waals surface area (Å²) in [6.45, 7) is 0.228. The van der Waals surface area contributed by atoms with Crippen LogP contribution in [0.3, 0.4) is 0 Å². The molecule has 0 atom stereocenters. The van der Waals surface area contributed by atoms with Crippen LogP contribution in [0.5, 0.6) is 0 Å². The molecule has 0 aliphatic carbocycles. The Morgan fingerprint density at radius 3 is 2.42 bits per heavy atom. The summed E-state index contributed by atoms with van der Waals surface area (Å²) >= 11 is 2.94. The van der Waals surface area contributed by atoms with E-state index in [0.717, 1.165) is 11.0 Å². The van der Waals surface area contributed by atoms with E-state index in [9.17, 15) is 19.2 Å². The van der Waals surface area contributed by atoms with Crippen molar-refractivity contribution in [1.82, 2.24) is 15.5 Å². The van der Waals surface area contributed by atoms with Gasteiger partial charge in [0, 0.05) is 32.1 Å². The van der Waals surface area contributed by atoms with E-state index in [0.29, 0.717) is 0 Å². The van der Waals surface area contributed by atoms with Crippen LogP contribution in [0, 0.1) is 0 Å². The molecule has 0 saturated heterocycles. The van der Waals surface area contributed by atoms with Crippen molar-refractivity contribution in [3.63, 3.8) is 0 Å². The van der Waals surface area contributed by atoms with Gasteiger partial charge < -0.3 is 15.7 Å². The second kappa shape index (κ2) is 6.88. The number of carboxylic acid groups (broad SMARTS) is 1. The third-order valence-corrected chi connectivity index (χ3v) is 2.82. The van der Waals surface area contributed by atoms with Gasteiger partial charge in [-0.2, -0.15) is 0 Å². The Kier molecular flexibility index (Phi) is 5.49. The molecule has 3 N–H and O–H groups in total. The van der Waals surface area contributed by atoms with Crippen LogP contribution in [0.15, 0.2) is 10.6 Å². The van der Waals surface area contributed by atoms with E-state index >= 15 is 0 Å². The fourth-order valence-corrected chi connectivity index (χ4v) is 1.77. The first kappa shape index (κ1) is 15.2. The Morgan fingerprint density at radius 1 is 1.26 bits per heavy atom. The molecule has 0 bridgehead atoms. The first-order valence-electron chi connectivity index (χ1n) is 5.38. The molecule has 0 saturated carbocycles. The second-order valence-corrected chi connectivity index (χ2v) is 4.47. The SMILES string of the molecule is O=C(O)NCCNC(=O)CCN1C(=O)C=C(Br)C1=O. The van der Waals surface area contributed by atoms with Crippen LogP contribution in [0.4, 0.5) is 4.79 Å². The van der Waals surface area contributed by atoms with E-state index < -0.39 is 17.9 Å². The van der Waals surface area contributed by atoms with Gasteiger partial charge in [0.25, 0.3) is 11.8 Å². The van der Waals surface area contributed by atoms with Gasteiger partial charge in [-0.05, 0) is 15.9 Å². The summed E-state index contributed by atoms with van der Waals surface area (Å²) in [5.74, 6) is -1.29. The summed E-state index contributed by atoms with van der Waals surface area (Å²) < 4.78 is 0.170. The van der Waals surface area contributed by atoms with Crippen molar-refractivity contribution in [1.29, 1.82) is 0 Å². The fourth-order valence-electron chi connectivity index (χ4n) is 1.36. The molecule has 0 spiro atoms. The highest BCUT2D eigenvalue weighted by molar-refractivity contribution is 9.12. The molecule has 0 radical (unpaired) electrons. The molecule has 0 aromatic rings. The largest absolute Gasteiger partial charge is 0.465 e. The predicted octanol–water partition coefficient (Wildman–Crippen LogP) is -0.592. The number of hydrogen-bond donors (Lipinski definition) is 3. The second-order valence-electron chi connectivity index (χ2n) is 3.62. The molecule has 8 nitrogen and oxygen atoms in total. The maximum Gasteiger partial charge on any atom is 0.404 e. The van der Waals surface area contributed by atoms with Gasteiger partial charge in [-0.15, -0.1) is 0 Å². The molecule has 0 unspecified atom stereocenters. The Hall–Kier alpha value is -1.90. The molecule has 1 rings (SSSR count). The van der Waals surface area contributed by atoms with Crippen LogP contribution in [0.1, 0.15) is 6.42 Å². The van der Waals surface area contributed by atoms with Crippen LogP contribution < -0.4 is 10.6 Å². The average Bonchev–Trinajstić information content (AvgIpc) is 2.57. The summed E-state index contributed by atoms with van der Waals surface area (Å²) in [5.41, 5.74) is 0. The highest BCUT2D eigenvalue weighted by Gasteiger charge is 2.29. The number of hydrogen-bond acceptors (Lipinski definition) is 4. The molecule has 1 aliphatic rings. The van der Waals surface area contributed by atoms with E-state index in [1.54, 1.807) is 0 Å². The first-order valence-corrected chi connectivity index (χ1v) is 6.17. The number of nitrogens with zero attached hydrogens (tertiary/aromatic N) is 1. The highest BCUT2D eigenvalue weighted by Crippen LogP contribution is 2.17. The molecular formula is C10H12BrN3O5.